The fourth-order valence-corrected chi connectivity index (χ4v) is 4.01. The maximum Gasteiger partial charge on any atom is 0.232 e. The summed E-state index contributed by atoms with van der Waals surface area (Å²) in [5.41, 5.74) is 2.24. The van der Waals surface area contributed by atoms with Gasteiger partial charge in [-0.15, -0.1) is 23.1 Å². The highest BCUT2D eigenvalue weighted by Crippen LogP contribution is 2.27. The number of hydrogen-bond acceptors (Lipinski definition) is 5. The minimum Gasteiger partial charge on any atom is -0.355 e. The van der Waals surface area contributed by atoms with Crippen LogP contribution in [0.5, 0.6) is 0 Å². The molecule has 1 amide bonds. The average Bonchev–Trinajstić information content (AvgIpc) is 3.12. The molecule has 0 bridgehead atoms. The van der Waals surface area contributed by atoms with Crippen LogP contribution in [0.25, 0.3) is 10.6 Å². The Morgan fingerprint density at radius 1 is 1.50 bits per heavy atom. The molecule has 0 aliphatic heterocycles. The smallest absolute Gasteiger partial charge is 0.232 e. The van der Waals surface area contributed by atoms with Crippen molar-refractivity contribution in [3.05, 3.63) is 27.9 Å². The molecule has 0 spiro atoms. The molecule has 6 heteroatoms. The first-order chi connectivity index (χ1) is 9.70. The molecular formula is C14H18N2OS3. The number of amides is 1. The van der Waals surface area contributed by atoms with E-state index in [0.29, 0.717) is 0 Å². The van der Waals surface area contributed by atoms with Gasteiger partial charge in [-0.2, -0.15) is 11.3 Å². The number of nitrogens with zero attached hydrogens (tertiary/aromatic N) is 1. The van der Waals surface area contributed by atoms with Crippen molar-refractivity contribution in [3.63, 3.8) is 0 Å². The van der Waals surface area contributed by atoms with E-state index in [-0.39, 0.29) is 11.2 Å². The van der Waals surface area contributed by atoms with Crippen molar-refractivity contribution in [2.45, 2.75) is 31.3 Å². The molecule has 0 radical (unpaired) electrons. The van der Waals surface area contributed by atoms with E-state index in [9.17, 15) is 4.79 Å². The Morgan fingerprint density at radius 2 is 2.35 bits per heavy atom. The van der Waals surface area contributed by atoms with Crippen LogP contribution in [0.2, 0.25) is 0 Å². The molecule has 108 valence electrons. The van der Waals surface area contributed by atoms with Crippen LogP contribution in [0.1, 0.15) is 26.0 Å². The third-order valence-corrected chi connectivity index (χ3v) is 5.52. The Morgan fingerprint density at radius 3 is 3.05 bits per heavy atom. The normalized spacial score (nSPS) is 12.3. The number of carbonyl (C=O) groups excluding carboxylic acids is 1. The molecule has 2 heterocycles. The monoisotopic (exact) mass is 326 g/mol. The summed E-state index contributed by atoms with van der Waals surface area (Å²) in [6, 6.07) is 2.08. The van der Waals surface area contributed by atoms with Crippen molar-refractivity contribution < 1.29 is 4.79 Å². The van der Waals surface area contributed by atoms with E-state index in [1.54, 1.807) is 34.4 Å². The zero-order valence-corrected chi connectivity index (χ0v) is 14.0. The summed E-state index contributed by atoms with van der Waals surface area (Å²) < 4.78 is 0. The van der Waals surface area contributed by atoms with Crippen LogP contribution in [0.15, 0.2) is 22.2 Å². The molecule has 1 unspecified atom stereocenters. The molecule has 2 rings (SSSR count). The molecule has 2 aromatic rings. The predicted molar refractivity (Wildman–Crippen MR) is 89.5 cm³/mol. The van der Waals surface area contributed by atoms with Gasteiger partial charge in [-0.1, -0.05) is 6.92 Å². The molecule has 0 aliphatic carbocycles. The molecule has 1 atom stereocenters. The lowest BCUT2D eigenvalue weighted by atomic mass is 10.4. The number of thioether (sulfide) groups is 1. The van der Waals surface area contributed by atoms with Crippen LogP contribution in [-0.2, 0) is 10.5 Å². The fraction of sp³-hybridized carbons (Fsp3) is 0.429. The van der Waals surface area contributed by atoms with Gasteiger partial charge < -0.3 is 5.32 Å². The predicted octanol–water partition coefficient (Wildman–Crippen LogP) is 4.02. The van der Waals surface area contributed by atoms with Gasteiger partial charge in [0.1, 0.15) is 5.01 Å². The largest absolute Gasteiger partial charge is 0.355 e. The standard InChI is InChI=1S/C14H18N2OS3/c1-3-5-15-13(17)10(2)19-8-12-9-20-14(16-12)11-4-6-18-7-11/h4,6-7,9-10H,3,5,8H2,1-2H3,(H,15,17). The van der Waals surface area contributed by atoms with Crippen molar-refractivity contribution in [1.82, 2.24) is 10.3 Å². The molecule has 0 saturated heterocycles. The highest BCUT2D eigenvalue weighted by atomic mass is 32.2. The number of thiazole rings is 1. The van der Waals surface area contributed by atoms with E-state index in [0.717, 1.165) is 29.4 Å². The van der Waals surface area contributed by atoms with Gasteiger partial charge in [0.25, 0.3) is 0 Å². The number of hydrogen-bond donors (Lipinski definition) is 1. The first-order valence-electron chi connectivity index (χ1n) is 6.57. The molecule has 0 aromatic carbocycles. The van der Waals surface area contributed by atoms with Crippen LogP contribution in [0.4, 0.5) is 0 Å². The minimum atomic E-state index is -0.0344. The summed E-state index contributed by atoms with van der Waals surface area (Å²) in [6.07, 6.45) is 0.971. The van der Waals surface area contributed by atoms with Gasteiger partial charge in [-0.3, -0.25) is 4.79 Å². The van der Waals surface area contributed by atoms with Gasteiger partial charge in [-0.05, 0) is 24.8 Å². The van der Waals surface area contributed by atoms with Crippen molar-refractivity contribution >= 4 is 40.3 Å². The van der Waals surface area contributed by atoms with Crippen molar-refractivity contribution in [2.75, 3.05) is 6.54 Å². The van der Waals surface area contributed by atoms with Crippen molar-refractivity contribution in [1.29, 1.82) is 0 Å². The first-order valence-corrected chi connectivity index (χ1v) is 9.44. The minimum absolute atomic E-state index is 0.0344. The number of carbonyl (C=O) groups is 1. The second-order valence-corrected chi connectivity index (χ2v) is 7.37. The van der Waals surface area contributed by atoms with Gasteiger partial charge in [0.05, 0.1) is 10.9 Å². The summed E-state index contributed by atoms with van der Waals surface area (Å²) in [5.74, 6) is 0.895. The molecule has 20 heavy (non-hydrogen) atoms. The molecule has 0 fully saturated rings. The number of rotatable bonds is 7. The summed E-state index contributed by atoms with van der Waals surface area (Å²) in [4.78, 5) is 16.4. The van der Waals surface area contributed by atoms with Crippen LogP contribution >= 0.6 is 34.4 Å². The molecular weight excluding hydrogens is 308 g/mol. The van der Waals surface area contributed by atoms with Gasteiger partial charge in [0.15, 0.2) is 0 Å². The Hall–Kier alpha value is -0.850. The highest BCUT2D eigenvalue weighted by Gasteiger charge is 2.13. The average molecular weight is 327 g/mol. The lowest BCUT2D eigenvalue weighted by Gasteiger charge is -2.10. The lowest BCUT2D eigenvalue weighted by Crippen LogP contribution is -2.31. The third kappa shape index (κ3) is 4.33. The van der Waals surface area contributed by atoms with Crippen LogP contribution in [0, 0.1) is 0 Å². The lowest BCUT2D eigenvalue weighted by molar-refractivity contribution is -0.120. The van der Waals surface area contributed by atoms with E-state index in [1.165, 1.54) is 5.56 Å². The molecule has 3 nitrogen and oxygen atoms in total. The second kappa shape index (κ2) is 7.81. The zero-order valence-electron chi connectivity index (χ0n) is 11.6. The Kier molecular flexibility index (Phi) is 6.06. The number of aromatic nitrogens is 1. The van der Waals surface area contributed by atoms with Crippen LogP contribution in [0.3, 0.4) is 0 Å². The number of thiophene rings is 1. The Bertz CT molecular complexity index is 536. The maximum absolute atomic E-state index is 11.8. The van der Waals surface area contributed by atoms with Crippen LogP contribution < -0.4 is 5.32 Å². The van der Waals surface area contributed by atoms with E-state index in [4.69, 9.17) is 0 Å². The molecule has 0 aliphatic rings. The quantitative estimate of drug-likeness (QED) is 0.835. The summed E-state index contributed by atoms with van der Waals surface area (Å²) in [6.45, 7) is 4.75. The number of nitrogens with one attached hydrogen (secondary N) is 1. The van der Waals surface area contributed by atoms with E-state index in [2.05, 4.69) is 39.4 Å². The Labute approximate surface area is 131 Å². The third-order valence-electron chi connectivity index (χ3n) is 2.72. The maximum atomic E-state index is 11.8. The summed E-state index contributed by atoms with van der Waals surface area (Å²) in [5, 5.41) is 10.2. The van der Waals surface area contributed by atoms with E-state index < -0.39 is 0 Å². The fourth-order valence-electron chi connectivity index (χ4n) is 1.57. The van der Waals surface area contributed by atoms with Crippen LogP contribution in [-0.4, -0.2) is 22.7 Å². The van der Waals surface area contributed by atoms with Gasteiger partial charge >= 0.3 is 0 Å². The van der Waals surface area contributed by atoms with E-state index in [1.807, 2.05) is 6.92 Å². The SMILES string of the molecule is CCCNC(=O)C(C)SCc1csc(-c2ccsc2)n1. The summed E-state index contributed by atoms with van der Waals surface area (Å²) in [7, 11) is 0. The topological polar surface area (TPSA) is 42.0 Å². The second-order valence-electron chi connectivity index (χ2n) is 4.40. The highest BCUT2D eigenvalue weighted by molar-refractivity contribution is 7.99. The van der Waals surface area contributed by atoms with Crippen molar-refractivity contribution in [2.24, 2.45) is 0 Å². The first kappa shape index (κ1) is 15.5. The molecule has 0 saturated carbocycles. The Balaban J connectivity index is 1.84. The van der Waals surface area contributed by atoms with Gasteiger partial charge in [0, 0.05) is 28.6 Å². The van der Waals surface area contributed by atoms with E-state index >= 15 is 0 Å². The van der Waals surface area contributed by atoms with Crippen molar-refractivity contribution in [3.8, 4) is 10.6 Å². The molecule has 1 N–H and O–H groups in total. The molecule has 2 aromatic heterocycles. The zero-order chi connectivity index (χ0) is 14.4. The summed E-state index contributed by atoms with van der Waals surface area (Å²) >= 11 is 4.98. The van der Waals surface area contributed by atoms with Gasteiger partial charge in [-0.25, -0.2) is 4.98 Å². The van der Waals surface area contributed by atoms with Gasteiger partial charge in [0.2, 0.25) is 5.91 Å².